The molecule has 3 heterocycles. The van der Waals surface area contributed by atoms with Crippen LogP contribution in [0.3, 0.4) is 0 Å². The second-order valence-electron chi connectivity index (χ2n) is 8.44. The molecule has 0 saturated carbocycles. The number of amides is 1. The van der Waals surface area contributed by atoms with Crippen LogP contribution >= 0.6 is 12.2 Å². The van der Waals surface area contributed by atoms with Gasteiger partial charge in [0.1, 0.15) is 24.1 Å². The molecule has 1 fully saturated rings. The first-order valence-corrected chi connectivity index (χ1v) is 12.1. The van der Waals surface area contributed by atoms with Crippen LogP contribution in [0.25, 0.3) is 11.3 Å². The lowest BCUT2D eigenvalue weighted by atomic mass is 10.0. The van der Waals surface area contributed by atoms with Gasteiger partial charge in [0.2, 0.25) is 5.91 Å². The average molecular weight is 513 g/mol. The largest absolute Gasteiger partial charge is 0.465 e. The first-order chi connectivity index (χ1) is 18.0. The summed E-state index contributed by atoms with van der Waals surface area (Å²) in [5.41, 5.74) is 2.62. The van der Waals surface area contributed by atoms with Gasteiger partial charge in [0, 0.05) is 17.4 Å². The number of hydrogen-bond acceptors (Lipinski definition) is 6. The van der Waals surface area contributed by atoms with Crippen LogP contribution in [0.15, 0.2) is 95.5 Å². The van der Waals surface area contributed by atoms with Crippen molar-refractivity contribution >= 4 is 34.9 Å². The number of nitrogens with zero attached hydrogens (tertiary/aromatic N) is 2. The molecule has 0 aliphatic carbocycles. The Morgan fingerprint density at radius 2 is 1.86 bits per heavy atom. The number of methoxy groups -OCH3 is 1. The zero-order valence-corrected chi connectivity index (χ0v) is 20.8. The summed E-state index contributed by atoms with van der Waals surface area (Å²) in [6.45, 7) is 0.0165. The van der Waals surface area contributed by atoms with E-state index >= 15 is 0 Å². The number of carbonyl (C=O) groups is 2. The minimum absolute atomic E-state index is 0.0165. The number of para-hydroxylation sites is 1. The highest BCUT2D eigenvalue weighted by molar-refractivity contribution is 7.80. The van der Waals surface area contributed by atoms with Crippen LogP contribution < -0.4 is 10.6 Å². The van der Waals surface area contributed by atoms with Crippen molar-refractivity contribution in [1.82, 2.24) is 15.2 Å². The number of thiocarbonyl (C=S) groups is 1. The highest BCUT2D eigenvalue weighted by atomic mass is 32.1. The number of rotatable bonds is 7. The van der Waals surface area contributed by atoms with Crippen LogP contribution in [0.2, 0.25) is 0 Å². The van der Waals surface area contributed by atoms with E-state index in [2.05, 4.69) is 15.6 Å². The van der Waals surface area contributed by atoms with E-state index in [1.165, 1.54) is 7.11 Å². The first-order valence-electron chi connectivity index (χ1n) is 11.6. The average Bonchev–Trinajstić information content (AvgIpc) is 3.54. The van der Waals surface area contributed by atoms with Crippen molar-refractivity contribution in [3.05, 3.63) is 108 Å². The summed E-state index contributed by atoms with van der Waals surface area (Å²) in [5, 5.41) is 6.65. The van der Waals surface area contributed by atoms with Crippen LogP contribution in [0.4, 0.5) is 5.69 Å². The fraction of sp³-hybridized carbons (Fsp3) is 0.143. The lowest BCUT2D eigenvalue weighted by Crippen LogP contribution is -2.36. The number of carbonyl (C=O) groups excluding carboxylic acids is 2. The molecule has 1 aliphatic rings. The van der Waals surface area contributed by atoms with Gasteiger partial charge in [-0.3, -0.25) is 9.78 Å². The number of ether oxygens (including phenoxy) is 1. The van der Waals surface area contributed by atoms with Crippen LogP contribution in [0, 0.1) is 0 Å². The smallest absolute Gasteiger partial charge is 0.337 e. The molecule has 2 aromatic carbocycles. The molecule has 186 valence electrons. The van der Waals surface area contributed by atoms with Crippen molar-refractivity contribution in [1.29, 1.82) is 0 Å². The molecular formula is C28H24N4O4S. The molecule has 0 bridgehead atoms. The molecule has 1 saturated heterocycles. The van der Waals surface area contributed by atoms with Crippen molar-refractivity contribution in [3.63, 3.8) is 0 Å². The molecule has 1 aliphatic heterocycles. The van der Waals surface area contributed by atoms with Crippen LogP contribution in [-0.4, -0.2) is 40.5 Å². The molecule has 1 amide bonds. The van der Waals surface area contributed by atoms with Crippen molar-refractivity contribution in [2.45, 2.75) is 12.1 Å². The van der Waals surface area contributed by atoms with Gasteiger partial charge in [-0.15, -0.1) is 0 Å². The molecule has 2 aromatic heterocycles. The molecule has 2 N–H and O–H groups in total. The SMILES string of the molecule is COC(=O)c1cccc(-c2ccc([C@@H]3[C@@H](c4ccccn4)NC(=S)N3CC(=O)Nc3ccccc3)o2)c1. The van der Waals surface area contributed by atoms with E-state index in [9.17, 15) is 9.59 Å². The van der Waals surface area contributed by atoms with E-state index in [4.69, 9.17) is 21.4 Å². The summed E-state index contributed by atoms with van der Waals surface area (Å²) in [6, 6.07) is 24.9. The third-order valence-electron chi connectivity index (χ3n) is 6.06. The molecule has 4 aromatic rings. The summed E-state index contributed by atoms with van der Waals surface area (Å²) >= 11 is 5.65. The Kier molecular flexibility index (Phi) is 6.96. The quantitative estimate of drug-likeness (QED) is 0.271. The monoisotopic (exact) mass is 512 g/mol. The molecule has 0 unspecified atom stereocenters. The van der Waals surface area contributed by atoms with E-state index in [1.54, 1.807) is 29.3 Å². The summed E-state index contributed by atoms with van der Waals surface area (Å²) in [7, 11) is 1.34. The predicted octanol–water partition coefficient (Wildman–Crippen LogP) is 4.74. The van der Waals surface area contributed by atoms with E-state index in [-0.39, 0.29) is 18.5 Å². The fourth-order valence-corrected chi connectivity index (χ4v) is 4.65. The minimum atomic E-state index is -0.429. The van der Waals surface area contributed by atoms with Gasteiger partial charge in [-0.2, -0.15) is 0 Å². The molecule has 5 rings (SSSR count). The first kappa shape index (κ1) is 24.2. The van der Waals surface area contributed by atoms with E-state index in [0.717, 1.165) is 11.3 Å². The normalized spacial score (nSPS) is 16.8. The number of benzene rings is 2. The molecule has 0 radical (unpaired) electrons. The molecule has 9 heteroatoms. The lowest BCUT2D eigenvalue weighted by molar-refractivity contribution is -0.116. The number of hydrogen-bond donors (Lipinski definition) is 2. The summed E-state index contributed by atoms with van der Waals surface area (Å²) < 4.78 is 11.1. The van der Waals surface area contributed by atoms with Crippen molar-refractivity contribution in [2.24, 2.45) is 0 Å². The number of aromatic nitrogens is 1. The maximum atomic E-state index is 13.0. The van der Waals surface area contributed by atoms with Gasteiger partial charge < -0.3 is 24.7 Å². The maximum absolute atomic E-state index is 13.0. The molecule has 37 heavy (non-hydrogen) atoms. The van der Waals surface area contributed by atoms with Gasteiger partial charge in [0.05, 0.1) is 24.4 Å². The third-order valence-corrected chi connectivity index (χ3v) is 6.41. The molecule has 8 nitrogen and oxygen atoms in total. The Balaban J connectivity index is 1.46. The Morgan fingerprint density at radius 1 is 1.05 bits per heavy atom. The highest BCUT2D eigenvalue weighted by Gasteiger charge is 2.42. The maximum Gasteiger partial charge on any atom is 0.337 e. The second kappa shape index (κ2) is 10.6. The van der Waals surface area contributed by atoms with Gasteiger partial charge >= 0.3 is 5.97 Å². The van der Waals surface area contributed by atoms with Crippen molar-refractivity contribution in [2.75, 3.05) is 19.0 Å². The zero-order valence-electron chi connectivity index (χ0n) is 20.0. The van der Waals surface area contributed by atoms with Gasteiger partial charge in [-0.1, -0.05) is 36.4 Å². The summed E-state index contributed by atoms with van der Waals surface area (Å²) in [6.07, 6.45) is 1.72. The predicted molar refractivity (Wildman–Crippen MR) is 143 cm³/mol. The van der Waals surface area contributed by atoms with Crippen LogP contribution in [0.5, 0.6) is 0 Å². The van der Waals surface area contributed by atoms with E-state index in [0.29, 0.717) is 27.9 Å². The standard InChI is InChI=1S/C28H24N4O4S/c1-35-27(34)19-9-7-8-18(16-19)22-13-14-23(36-22)26-25(21-12-5-6-15-29-21)31-28(37)32(26)17-24(33)30-20-10-3-2-4-11-20/h2-16,25-26H,17H2,1H3,(H,30,33)(H,31,37)/t25-,26-/m1/s1. The number of anilines is 1. The number of nitrogens with one attached hydrogen (secondary N) is 2. The van der Waals surface area contributed by atoms with Crippen molar-refractivity contribution < 1.29 is 18.7 Å². The third kappa shape index (κ3) is 5.22. The van der Waals surface area contributed by atoms with E-state index < -0.39 is 12.0 Å². The van der Waals surface area contributed by atoms with Crippen LogP contribution in [-0.2, 0) is 9.53 Å². The highest BCUT2D eigenvalue weighted by Crippen LogP contribution is 2.40. The Morgan fingerprint density at radius 3 is 2.62 bits per heavy atom. The van der Waals surface area contributed by atoms with Crippen LogP contribution in [0.1, 0.15) is 33.9 Å². The van der Waals surface area contributed by atoms with Gasteiger partial charge in [-0.25, -0.2) is 4.79 Å². The Labute approximate surface area is 219 Å². The molecule has 0 spiro atoms. The Hall–Kier alpha value is -4.50. The fourth-order valence-electron chi connectivity index (χ4n) is 4.35. The second-order valence-corrected chi connectivity index (χ2v) is 8.83. The van der Waals surface area contributed by atoms with Gasteiger partial charge in [0.25, 0.3) is 0 Å². The topological polar surface area (TPSA) is 96.7 Å². The molecular weight excluding hydrogens is 488 g/mol. The van der Waals surface area contributed by atoms with E-state index in [1.807, 2.05) is 66.7 Å². The van der Waals surface area contributed by atoms with Gasteiger partial charge in [-0.05, 0) is 60.7 Å². The minimum Gasteiger partial charge on any atom is -0.465 e. The number of pyridine rings is 1. The zero-order chi connectivity index (χ0) is 25.8. The summed E-state index contributed by atoms with van der Waals surface area (Å²) in [4.78, 5) is 31.3. The van der Waals surface area contributed by atoms with Gasteiger partial charge in [0.15, 0.2) is 5.11 Å². The summed E-state index contributed by atoms with van der Waals surface area (Å²) in [5.74, 6) is 0.547. The molecule has 2 atom stereocenters. The number of furan rings is 1. The Bertz CT molecular complexity index is 1420. The number of esters is 1. The lowest BCUT2D eigenvalue weighted by Gasteiger charge is -2.25. The van der Waals surface area contributed by atoms with Crippen molar-refractivity contribution in [3.8, 4) is 11.3 Å².